The van der Waals surface area contributed by atoms with Gasteiger partial charge in [0.05, 0.1) is 5.69 Å². The second kappa shape index (κ2) is 10.4. The van der Waals surface area contributed by atoms with E-state index >= 15 is 4.39 Å². The van der Waals surface area contributed by atoms with Gasteiger partial charge in [0.1, 0.15) is 12.0 Å². The lowest BCUT2D eigenvalue weighted by atomic mass is 9.57. The first-order valence-electron chi connectivity index (χ1n) is 13.0. The van der Waals surface area contributed by atoms with Crippen molar-refractivity contribution in [1.82, 2.24) is 9.55 Å². The first-order chi connectivity index (χ1) is 17.9. The van der Waals surface area contributed by atoms with Gasteiger partial charge in [-0.05, 0) is 18.5 Å². The number of nitrogens with two attached hydrogens (primary N) is 1. The number of rotatable bonds is 7. The Morgan fingerprint density at radius 1 is 0.973 bits per heavy atom. The minimum absolute atomic E-state index is 0.0274. The summed E-state index contributed by atoms with van der Waals surface area (Å²) in [6, 6.07) is 29.5. The van der Waals surface area contributed by atoms with E-state index in [0.717, 1.165) is 22.6 Å². The third-order valence-corrected chi connectivity index (χ3v) is 7.93. The summed E-state index contributed by atoms with van der Waals surface area (Å²) in [7, 11) is 0. The van der Waals surface area contributed by atoms with Crippen LogP contribution in [0.2, 0.25) is 0 Å². The highest BCUT2D eigenvalue weighted by atomic mass is 19.1. The van der Waals surface area contributed by atoms with Crippen LogP contribution in [0, 0.1) is 17.3 Å². The van der Waals surface area contributed by atoms with Crippen molar-refractivity contribution in [3.8, 4) is 11.3 Å². The molecule has 190 valence electrons. The number of benzene rings is 3. The van der Waals surface area contributed by atoms with Crippen molar-refractivity contribution in [2.24, 2.45) is 23.0 Å². The second-order valence-electron chi connectivity index (χ2n) is 10.7. The van der Waals surface area contributed by atoms with E-state index in [1.807, 2.05) is 98.9 Å². The quantitative estimate of drug-likeness (QED) is 0.297. The molecule has 0 saturated heterocycles. The highest BCUT2D eigenvalue weighted by Crippen LogP contribution is 2.54. The van der Waals surface area contributed by atoms with E-state index in [0.29, 0.717) is 18.5 Å². The van der Waals surface area contributed by atoms with Crippen molar-refractivity contribution < 1.29 is 9.18 Å². The van der Waals surface area contributed by atoms with E-state index < -0.39 is 23.4 Å². The maximum absolute atomic E-state index is 16.1. The number of carbonyl (C=O) groups excluding carboxylic acids is 1. The van der Waals surface area contributed by atoms with Crippen LogP contribution in [0.1, 0.15) is 47.9 Å². The standard InChI is InChI=1S/C32H34FN3O/c1-32(2)28(26(18-25(19-34)30(32)33)29(37)24-16-10-5-11-17-24)31-35-27(23-14-8-4-9-15-23)21-36(31)20-22-12-6-3-7-13-22/h3-17,21,25-26,28,30H,18-20,34H2,1-2H3/t25-,26?,28-,30?/m0/s1. The van der Waals surface area contributed by atoms with Gasteiger partial charge in [-0.15, -0.1) is 0 Å². The average molecular weight is 496 g/mol. The molecule has 1 aromatic heterocycles. The molecule has 3 aromatic carbocycles. The Morgan fingerprint density at radius 3 is 2.19 bits per heavy atom. The van der Waals surface area contributed by atoms with Gasteiger partial charge < -0.3 is 10.3 Å². The molecule has 2 N–H and O–H groups in total. The van der Waals surface area contributed by atoms with Gasteiger partial charge in [0, 0.05) is 47.0 Å². The summed E-state index contributed by atoms with van der Waals surface area (Å²) in [5.74, 6) is -0.452. The van der Waals surface area contributed by atoms with Gasteiger partial charge in [-0.1, -0.05) is 105 Å². The number of hydrogen-bond donors (Lipinski definition) is 1. The third kappa shape index (κ3) is 4.88. The highest BCUT2D eigenvalue weighted by molar-refractivity contribution is 5.98. The fraction of sp³-hybridized carbons (Fsp3) is 0.312. The topological polar surface area (TPSA) is 60.9 Å². The predicted molar refractivity (Wildman–Crippen MR) is 146 cm³/mol. The van der Waals surface area contributed by atoms with Crippen molar-refractivity contribution in [2.45, 2.75) is 38.9 Å². The van der Waals surface area contributed by atoms with Gasteiger partial charge >= 0.3 is 0 Å². The van der Waals surface area contributed by atoms with Crippen LogP contribution in [0.25, 0.3) is 11.3 Å². The van der Waals surface area contributed by atoms with Gasteiger partial charge in [-0.25, -0.2) is 9.37 Å². The number of nitrogens with zero attached hydrogens (tertiary/aromatic N) is 2. The number of halogens is 1. The van der Waals surface area contributed by atoms with Crippen LogP contribution in [0.5, 0.6) is 0 Å². The summed E-state index contributed by atoms with van der Waals surface area (Å²) in [6.07, 6.45) is 1.29. The van der Waals surface area contributed by atoms with Crippen molar-refractivity contribution in [3.05, 3.63) is 114 Å². The summed E-state index contributed by atoms with van der Waals surface area (Å²) in [6.45, 7) is 4.66. The highest BCUT2D eigenvalue weighted by Gasteiger charge is 2.54. The Kier molecular flexibility index (Phi) is 7.07. The molecule has 4 aromatic rings. The number of ketones is 1. The second-order valence-corrected chi connectivity index (χ2v) is 10.7. The minimum Gasteiger partial charge on any atom is -0.330 e. The van der Waals surface area contributed by atoms with Crippen LogP contribution in [0.15, 0.2) is 97.2 Å². The summed E-state index contributed by atoms with van der Waals surface area (Å²) >= 11 is 0. The molecule has 1 saturated carbocycles. The zero-order chi connectivity index (χ0) is 26.0. The Labute approximate surface area is 218 Å². The smallest absolute Gasteiger partial charge is 0.166 e. The number of carbonyl (C=O) groups is 1. The molecule has 0 amide bonds. The molecule has 1 fully saturated rings. The van der Waals surface area contributed by atoms with Gasteiger partial charge in [0.15, 0.2) is 5.78 Å². The summed E-state index contributed by atoms with van der Waals surface area (Å²) < 4.78 is 18.2. The lowest BCUT2D eigenvalue weighted by molar-refractivity contribution is -0.0115. The van der Waals surface area contributed by atoms with Gasteiger partial charge in [-0.2, -0.15) is 0 Å². The third-order valence-electron chi connectivity index (χ3n) is 7.93. The van der Waals surface area contributed by atoms with E-state index in [1.54, 1.807) is 0 Å². The van der Waals surface area contributed by atoms with Crippen LogP contribution < -0.4 is 5.73 Å². The van der Waals surface area contributed by atoms with Crippen molar-refractivity contribution in [2.75, 3.05) is 6.54 Å². The number of aromatic nitrogens is 2. The van der Waals surface area contributed by atoms with Gasteiger partial charge in [0.2, 0.25) is 0 Å². The fourth-order valence-electron chi connectivity index (χ4n) is 6.02. The maximum Gasteiger partial charge on any atom is 0.166 e. The molecular weight excluding hydrogens is 461 g/mol. The van der Waals surface area contributed by atoms with E-state index in [4.69, 9.17) is 10.7 Å². The van der Waals surface area contributed by atoms with E-state index in [-0.39, 0.29) is 18.2 Å². The van der Waals surface area contributed by atoms with Crippen molar-refractivity contribution >= 4 is 5.78 Å². The SMILES string of the molecule is CC1(C)C(F)[C@H](CN)CC(C(=O)c2ccccc2)[C@H]1c1nc(-c2ccccc2)cn1Cc1ccccc1. The molecule has 0 bridgehead atoms. The molecule has 1 heterocycles. The molecule has 4 nitrogen and oxygen atoms in total. The largest absolute Gasteiger partial charge is 0.330 e. The van der Waals surface area contributed by atoms with E-state index in [1.165, 1.54) is 0 Å². The zero-order valence-electron chi connectivity index (χ0n) is 21.4. The fourth-order valence-corrected chi connectivity index (χ4v) is 6.02. The van der Waals surface area contributed by atoms with E-state index in [9.17, 15) is 4.79 Å². The molecule has 37 heavy (non-hydrogen) atoms. The van der Waals surface area contributed by atoms with E-state index in [2.05, 4.69) is 16.7 Å². The molecule has 0 radical (unpaired) electrons. The van der Waals surface area contributed by atoms with Crippen molar-refractivity contribution in [3.63, 3.8) is 0 Å². The average Bonchev–Trinajstić information content (AvgIpc) is 3.34. The molecule has 4 atom stereocenters. The lowest BCUT2D eigenvalue weighted by Gasteiger charge is -2.48. The Bertz CT molecular complexity index is 1330. The molecule has 5 rings (SSSR count). The zero-order valence-corrected chi connectivity index (χ0v) is 21.4. The van der Waals surface area contributed by atoms with Crippen LogP contribution in [0.3, 0.4) is 0 Å². The lowest BCUT2D eigenvalue weighted by Crippen LogP contribution is -2.51. The Hall–Kier alpha value is -3.57. The Balaban J connectivity index is 1.66. The first-order valence-corrected chi connectivity index (χ1v) is 13.0. The summed E-state index contributed by atoms with van der Waals surface area (Å²) in [4.78, 5) is 19.1. The van der Waals surface area contributed by atoms with Crippen molar-refractivity contribution in [1.29, 1.82) is 0 Å². The molecule has 0 spiro atoms. The predicted octanol–water partition coefficient (Wildman–Crippen LogP) is 6.52. The first kappa shape index (κ1) is 25.1. The van der Waals surface area contributed by atoms with Crippen LogP contribution in [0.4, 0.5) is 4.39 Å². The molecule has 1 aliphatic rings. The normalized spacial score (nSPS) is 23.0. The summed E-state index contributed by atoms with van der Waals surface area (Å²) in [5, 5.41) is 0. The summed E-state index contributed by atoms with van der Waals surface area (Å²) in [5.41, 5.74) is 8.78. The molecule has 0 aliphatic heterocycles. The van der Waals surface area contributed by atoms with Crippen LogP contribution in [-0.4, -0.2) is 28.1 Å². The molecule has 1 aliphatic carbocycles. The number of imidazole rings is 1. The van der Waals surface area contributed by atoms with Crippen LogP contribution >= 0.6 is 0 Å². The molecular formula is C32H34FN3O. The number of alkyl halides is 1. The van der Waals surface area contributed by atoms with Crippen LogP contribution in [-0.2, 0) is 6.54 Å². The molecule has 5 heteroatoms. The maximum atomic E-state index is 16.1. The Morgan fingerprint density at radius 2 is 1.57 bits per heavy atom. The number of hydrogen-bond acceptors (Lipinski definition) is 3. The monoisotopic (exact) mass is 495 g/mol. The number of Topliss-reactive ketones (excluding diaryl/α,β-unsaturated/α-hetero) is 1. The van der Waals surface area contributed by atoms with Gasteiger partial charge in [-0.3, -0.25) is 4.79 Å². The minimum atomic E-state index is -1.15. The van der Waals surface area contributed by atoms with Gasteiger partial charge in [0.25, 0.3) is 0 Å². The molecule has 2 unspecified atom stereocenters.